The van der Waals surface area contributed by atoms with Gasteiger partial charge in [0.05, 0.1) is 6.42 Å². The lowest BCUT2D eigenvalue weighted by Crippen LogP contribution is -2.20. The second-order valence-corrected chi connectivity index (χ2v) is 3.03. The van der Waals surface area contributed by atoms with E-state index in [0.717, 1.165) is 13.0 Å². The van der Waals surface area contributed by atoms with E-state index in [-0.39, 0.29) is 5.97 Å². The number of hydrogen-bond donors (Lipinski definition) is 1. The molecule has 0 spiro atoms. The minimum Gasteiger partial charge on any atom is -0.465 e. The standard InChI is InChI=1S/C11H19NO2/c1-3-5-8-12-9-7-11(13)14-10-6-4-2/h2,12H,3,5-10H2,1H3. The van der Waals surface area contributed by atoms with Crippen LogP contribution in [0.5, 0.6) is 0 Å². The summed E-state index contributed by atoms with van der Waals surface area (Å²) in [6.07, 6.45) is 8.25. The Balaban J connectivity index is 3.15. The molecule has 0 aliphatic carbocycles. The van der Waals surface area contributed by atoms with E-state index < -0.39 is 0 Å². The summed E-state index contributed by atoms with van der Waals surface area (Å²) in [4.78, 5) is 11.0. The molecule has 0 aromatic heterocycles. The van der Waals surface area contributed by atoms with Crippen molar-refractivity contribution in [2.75, 3.05) is 19.7 Å². The van der Waals surface area contributed by atoms with Crippen LogP contribution in [0.1, 0.15) is 32.6 Å². The van der Waals surface area contributed by atoms with Crippen LogP contribution in [-0.4, -0.2) is 25.7 Å². The highest BCUT2D eigenvalue weighted by molar-refractivity contribution is 5.69. The SMILES string of the molecule is C#CCCOC(=O)CCNCCCC. The Morgan fingerprint density at radius 1 is 1.50 bits per heavy atom. The van der Waals surface area contributed by atoms with Gasteiger partial charge in [0.15, 0.2) is 0 Å². The van der Waals surface area contributed by atoms with Crippen LogP contribution in [0.15, 0.2) is 0 Å². The molecule has 0 unspecified atom stereocenters. The van der Waals surface area contributed by atoms with Crippen LogP contribution in [-0.2, 0) is 9.53 Å². The molecule has 0 fully saturated rings. The molecule has 0 saturated heterocycles. The van der Waals surface area contributed by atoms with E-state index in [2.05, 4.69) is 18.2 Å². The molecule has 0 aliphatic heterocycles. The summed E-state index contributed by atoms with van der Waals surface area (Å²) < 4.78 is 4.87. The fraction of sp³-hybridized carbons (Fsp3) is 0.727. The Morgan fingerprint density at radius 2 is 2.29 bits per heavy atom. The Bertz CT molecular complexity index is 184. The van der Waals surface area contributed by atoms with Crippen molar-refractivity contribution in [3.8, 4) is 12.3 Å². The molecule has 0 aromatic carbocycles. The van der Waals surface area contributed by atoms with Gasteiger partial charge in [0, 0.05) is 13.0 Å². The van der Waals surface area contributed by atoms with Crippen molar-refractivity contribution in [3.63, 3.8) is 0 Å². The third-order valence-electron chi connectivity index (χ3n) is 1.72. The van der Waals surface area contributed by atoms with Crippen molar-refractivity contribution in [3.05, 3.63) is 0 Å². The third-order valence-corrected chi connectivity index (χ3v) is 1.72. The number of terminal acetylenes is 1. The second-order valence-electron chi connectivity index (χ2n) is 3.03. The van der Waals surface area contributed by atoms with Crippen LogP contribution < -0.4 is 5.32 Å². The molecule has 3 heteroatoms. The zero-order valence-electron chi connectivity index (χ0n) is 8.84. The van der Waals surface area contributed by atoms with E-state index in [0.29, 0.717) is 26.0 Å². The molecule has 0 bridgehead atoms. The van der Waals surface area contributed by atoms with Gasteiger partial charge in [-0.3, -0.25) is 4.79 Å². The molecular formula is C11H19NO2. The van der Waals surface area contributed by atoms with Crippen LogP contribution in [0.2, 0.25) is 0 Å². The third kappa shape index (κ3) is 9.08. The van der Waals surface area contributed by atoms with Gasteiger partial charge in [-0.2, -0.15) is 0 Å². The van der Waals surface area contributed by atoms with Crippen LogP contribution in [0.4, 0.5) is 0 Å². The molecule has 0 atom stereocenters. The van der Waals surface area contributed by atoms with Gasteiger partial charge in [0.1, 0.15) is 6.61 Å². The van der Waals surface area contributed by atoms with Crippen LogP contribution in [0, 0.1) is 12.3 Å². The van der Waals surface area contributed by atoms with Gasteiger partial charge >= 0.3 is 5.97 Å². The summed E-state index contributed by atoms with van der Waals surface area (Å²) in [5.41, 5.74) is 0. The summed E-state index contributed by atoms with van der Waals surface area (Å²) in [7, 11) is 0. The fourth-order valence-electron chi connectivity index (χ4n) is 0.913. The first-order valence-corrected chi connectivity index (χ1v) is 5.11. The minimum absolute atomic E-state index is 0.177. The Kier molecular flexibility index (Phi) is 9.35. The maximum absolute atomic E-state index is 11.0. The maximum Gasteiger partial charge on any atom is 0.307 e. The van der Waals surface area contributed by atoms with E-state index in [9.17, 15) is 4.79 Å². The lowest BCUT2D eigenvalue weighted by molar-refractivity contribution is -0.143. The zero-order chi connectivity index (χ0) is 10.6. The van der Waals surface area contributed by atoms with Gasteiger partial charge < -0.3 is 10.1 Å². The van der Waals surface area contributed by atoms with E-state index >= 15 is 0 Å². The minimum atomic E-state index is -0.177. The molecule has 0 heterocycles. The van der Waals surface area contributed by atoms with Gasteiger partial charge in [-0.1, -0.05) is 13.3 Å². The van der Waals surface area contributed by atoms with Crippen molar-refractivity contribution in [2.24, 2.45) is 0 Å². The van der Waals surface area contributed by atoms with E-state index in [1.54, 1.807) is 0 Å². The number of carbonyl (C=O) groups excluding carboxylic acids is 1. The molecule has 0 radical (unpaired) electrons. The van der Waals surface area contributed by atoms with Gasteiger partial charge in [-0.15, -0.1) is 12.3 Å². The summed E-state index contributed by atoms with van der Waals surface area (Å²) in [5, 5.41) is 3.17. The largest absolute Gasteiger partial charge is 0.465 e. The van der Waals surface area contributed by atoms with E-state index in [4.69, 9.17) is 11.2 Å². The Morgan fingerprint density at radius 3 is 2.93 bits per heavy atom. The quantitative estimate of drug-likeness (QED) is 0.362. The molecular weight excluding hydrogens is 178 g/mol. The molecule has 0 aliphatic rings. The van der Waals surface area contributed by atoms with Crippen LogP contribution in [0.3, 0.4) is 0 Å². The molecule has 3 nitrogen and oxygen atoms in total. The normalized spacial score (nSPS) is 9.43. The van der Waals surface area contributed by atoms with Crippen LogP contribution in [0.25, 0.3) is 0 Å². The fourth-order valence-corrected chi connectivity index (χ4v) is 0.913. The number of hydrogen-bond acceptors (Lipinski definition) is 3. The number of rotatable bonds is 8. The van der Waals surface area contributed by atoms with Crippen molar-refractivity contribution < 1.29 is 9.53 Å². The Labute approximate surface area is 86.2 Å². The van der Waals surface area contributed by atoms with Gasteiger partial charge in [0.2, 0.25) is 0 Å². The van der Waals surface area contributed by atoms with Crippen molar-refractivity contribution in [2.45, 2.75) is 32.6 Å². The maximum atomic E-state index is 11.0. The lowest BCUT2D eigenvalue weighted by Gasteiger charge is -2.03. The molecule has 0 amide bonds. The topological polar surface area (TPSA) is 38.3 Å². The molecule has 14 heavy (non-hydrogen) atoms. The summed E-state index contributed by atoms with van der Waals surface area (Å²) in [6, 6.07) is 0. The Hall–Kier alpha value is -1.01. The second kappa shape index (κ2) is 10.1. The molecule has 1 N–H and O–H groups in total. The van der Waals surface area contributed by atoms with Crippen molar-refractivity contribution in [1.82, 2.24) is 5.32 Å². The average Bonchev–Trinajstić information content (AvgIpc) is 2.18. The lowest BCUT2D eigenvalue weighted by atomic mass is 10.3. The smallest absolute Gasteiger partial charge is 0.307 e. The predicted molar refractivity (Wildman–Crippen MR) is 56.8 cm³/mol. The molecule has 80 valence electrons. The number of ether oxygens (including phenoxy) is 1. The van der Waals surface area contributed by atoms with Crippen LogP contribution >= 0.6 is 0 Å². The first kappa shape index (κ1) is 13.0. The molecule has 0 aromatic rings. The number of unbranched alkanes of at least 4 members (excludes halogenated alkanes) is 1. The highest BCUT2D eigenvalue weighted by Gasteiger charge is 2.00. The average molecular weight is 197 g/mol. The first-order valence-electron chi connectivity index (χ1n) is 5.11. The van der Waals surface area contributed by atoms with Gasteiger partial charge in [-0.05, 0) is 13.0 Å². The summed E-state index contributed by atoms with van der Waals surface area (Å²) in [6.45, 7) is 4.13. The predicted octanol–water partition coefficient (Wildman–Crippen LogP) is 1.33. The van der Waals surface area contributed by atoms with E-state index in [1.807, 2.05) is 0 Å². The van der Waals surface area contributed by atoms with Crippen molar-refractivity contribution >= 4 is 5.97 Å². The van der Waals surface area contributed by atoms with Crippen molar-refractivity contribution in [1.29, 1.82) is 0 Å². The summed E-state index contributed by atoms with van der Waals surface area (Å²) in [5.74, 6) is 2.24. The number of nitrogens with one attached hydrogen (secondary N) is 1. The number of carbonyl (C=O) groups is 1. The zero-order valence-corrected chi connectivity index (χ0v) is 8.84. The van der Waals surface area contributed by atoms with Gasteiger partial charge in [-0.25, -0.2) is 0 Å². The molecule has 0 rings (SSSR count). The van der Waals surface area contributed by atoms with E-state index in [1.165, 1.54) is 6.42 Å². The first-order chi connectivity index (χ1) is 6.81. The number of esters is 1. The monoisotopic (exact) mass is 197 g/mol. The highest BCUT2D eigenvalue weighted by Crippen LogP contribution is 1.88. The van der Waals surface area contributed by atoms with Gasteiger partial charge in [0.25, 0.3) is 0 Å². The molecule has 0 saturated carbocycles. The highest BCUT2D eigenvalue weighted by atomic mass is 16.5. The summed E-state index contributed by atoms with van der Waals surface area (Å²) >= 11 is 0.